The third-order valence-corrected chi connectivity index (χ3v) is 5.74. The van der Waals surface area contributed by atoms with Crippen molar-refractivity contribution in [3.8, 4) is 5.75 Å². The van der Waals surface area contributed by atoms with Crippen molar-refractivity contribution < 1.29 is 23.4 Å². The number of methoxy groups -OCH3 is 1. The zero-order chi connectivity index (χ0) is 25.3. The maximum atomic E-state index is 14.0. The molecule has 0 radical (unpaired) electrons. The number of aryl methyl sites for hydroxylation is 1. The van der Waals surface area contributed by atoms with Crippen molar-refractivity contribution in [3.63, 3.8) is 0 Å². The number of nitrogens with one attached hydrogen (secondary N) is 2. The highest BCUT2D eigenvalue weighted by atomic mass is 32.1. The molecule has 0 bridgehead atoms. The molecule has 1 aromatic carbocycles. The van der Waals surface area contributed by atoms with Crippen molar-refractivity contribution in [2.24, 2.45) is 0 Å². The number of benzene rings is 1. The Hall–Kier alpha value is -3.10. The summed E-state index contributed by atoms with van der Waals surface area (Å²) >= 11 is 0. The molecule has 0 aliphatic carbocycles. The van der Waals surface area contributed by atoms with Gasteiger partial charge in [-0.15, -0.1) is 0 Å². The number of amides is 1. The molecule has 10 nitrogen and oxygen atoms in total. The van der Waals surface area contributed by atoms with Crippen LogP contribution in [-0.4, -0.2) is 56.6 Å². The summed E-state index contributed by atoms with van der Waals surface area (Å²) in [4.78, 5) is 23.2. The lowest BCUT2D eigenvalue weighted by atomic mass is 10.1. The SMILES string of the molecule is CCN1c2nc(NCc3cnn(Cc4cc(F)c(OC)c(F)c4)c3)nc(C)c2NC(=O)[C@@H]1[C@@H](C)O.S.S. The third kappa shape index (κ3) is 6.25. The zero-order valence-electron chi connectivity index (χ0n) is 20.8. The van der Waals surface area contributed by atoms with E-state index in [2.05, 4.69) is 25.7 Å². The van der Waals surface area contributed by atoms with Crippen molar-refractivity contribution in [3.05, 3.63) is 53.0 Å². The molecule has 0 saturated heterocycles. The summed E-state index contributed by atoms with van der Waals surface area (Å²) in [6.07, 6.45) is 2.50. The van der Waals surface area contributed by atoms with Gasteiger partial charge in [0.15, 0.2) is 23.2 Å². The standard InChI is InChI=1S/C23H27F2N7O3.2H2S/c1-5-32-19(13(3)33)22(34)29-18-12(2)28-23(30-21(18)32)26-8-15-9-27-31(11-15)10-14-6-16(24)20(35-4)17(25)7-14;;/h6-7,9,11,13,19,33H,5,8,10H2,1-4H3,(H,29,34)(H,26,28,30);2*1H2/t13-,19+;;/m1../s1. The molecule has 1 aliphatic rings. The summed E-state index contributed by atoms with van der Waals surface area (Å²) in [7, 11) is 1.21. The van der Waals surface area contributed by atoms with Gasteiger partial charge in [-0.1, -0.05) is 0 Å². The average molecular weight is 556 g/mol. The molecule has 1 amide bonds. The summed E-state index contributed by atoms with van der Waals surface area (Å²) < 4.78 is 34.2. The van der Waals surface area contributed by atoms with Gasteiger partial charge in [-0.25, -0.2) is 13.8 Å². The number of likely N-dealkylation sites (N-methyl/N-ethyl adjacent to an activating group) is 1. The Labute approximate surface area is 227 Å². The highest BCUT2D eigenvalue weighted by Crippen LogP contribution is 2.34. The molecule has 0 spiro atoms. The number of nitrogens with zero attached hydrogens (tertiary/aromatic N) is 5. The van der Waals surface area contributed by atoms with Crippen LogP contribution in [0.25, 0.3) is 0 Å². The number of rotatable bonds is 8. The second-order valence-electron chi connectivity index (χ2n) is 8.28. The van der Waals surface area contributed by atoms with Crippen LogP contribution in [0.1, 0.15) is 30.7 Å². The maximum Gasteiger partial charge on any atom is 0.249 e. The number of aliphatic hydroxyl groups is 1. The molecule has 3 N–H and O–H groups in total. The van der Waals surface area contributed by atoms with Crippen LogP contribution >= 0.6 is 27.0 Å². The van der Waals surface area contributed by atoms with Gasteiger partial charge in [0, 0.05) is 24.8 Å². The number of aromatic nitrogens is 4. The van der Waals surface area contributed by atoms with E-state index in [9.17, 15) is 18.7 Å². The van der Waals surface area contributed by atoms with Gasteiger partial charge in [-0.2, -0.15) is 37.1 Å². The molecule has 3 heterocycles. The fraction of sp³-hybridized carbons (Fsp3) is 0.391. The number of carbonyl (C=O) groups excluding carboxylic acids is 1. The molecule has 0 unspecified atom stereocenters. The highest BCUT2D eigenvalue weighted by molar-refractivity contribution is 7.59. The van der Waals surface area contributed by atoms with Crippen LogP contribution in [0.15, 0.2) is 24.5 Å². The van der Waals surface area contributed by atoms with Crippen molar-refractivity contribution in [2.45, 2.75) is 46.0 Å². The molecule has 3 aromatic rings. The van der Waals surface area contributed by atoms with E-state index < -0.39 is 29.5 Å². The highest BCUT2D eigenvalue weighted by Gasteiger charge is 2.37. The number of hydrogen-bond acceptors (Lipinski definition) is 8. The lowest BCUT2D eigenvalue weighted by molar-refractivity contribution is -0.119. The molecule has 4 rings (SSSR count). The Balaban J connectivity index is 0.00000241. The van der Waals surface area contributed by atoms with Gasteiger partial charge in [-0.3, -0.25) is 9.48 Å². The Morgan fingerprint density at radius 2 is 1.89 bits per heavy atom. The summed E-state index contributed by atoms with van der Waals surface area (Å²) in [5.74, 6) is -1.37. The second kappa shape index (κ2) is 12.4. The summed E-state index contributed by atoms with van der Waals surface area (Å²) in [6, 6.07) is 1.68. The fourth-order valence-corrected chi connectivity index (χ4v) is 4.14. The fourth-order valence-electron chi connectivity index (χ4n) is 4.14. The number of anilines is 3. The molecule has 2 atom stereocenters. The van der Waals surface area contributed by atoms with Gasteiger partial charge in [0.05, 0.1) is 31.6 Å². The predicted octanol–water partition coefficient (Wildman–Crippen LogP) is 2.68. The molecular weight excluding hydrogens is 524 g/mol. The van der Waals surface area contributed by atoms with Crippen LogP contribution in [0.3, 0.4) is 0 Å². The lowest BCUT2D eigenvalue weighted by Gasteiger charge is -2.38. The minimum absolute atomic E-state index is 0. The van der Waals surface area contributed by atoms with Gasteiger partial charge >= 0.3 is 0 Å². The number of ether oxygens (including phenoxy) is 1. The second-order valence-corrected chi connectivity index (χ2v) is 8.28. The van der Waals surface area contributed by atoms with Gasteiger partial charge in [-0.05, 0) is 38.5 Å². The van der Waals surface area contributed by atoms with Crippen molar-refractivity contribution in [1.82, 2.24) is 19.7 Å². The monoisotopic (exact) mass is 555 g/mol. The minimum atomic E-state index is -0.881. The Morgan fingerprint density at radius 3 is 2.49 bits per heavy atom. The van der Waals surface area contributed by atoms with Crippen LogP contribution in [0, 0.1) is 18.6 Å². The number of halogens is 2. The molecule has 2 aromatic heterocycles. The Kier molecular flexibility index (Phi) is 10.1. The van der Waals surface area contributed by atoms with Crippen LogP contribution in [0.2, 0.25) is 0 Å². The minimum Gasteiger partial charge on any atom is -0.491 e. The average Bonchev–Trinajstić information content (AvgIpc) is 3.24. The van der Waals surface area contributed by atoms with Crippen molar-refractivity contribution in [2.75, 3.05) is 29.2 Å². The maximum absolute atomic E-state index is 14.0. The first-order valence-electron chi connectivity index (χ1n) is 11.1. The van der Waals surface area contributed by atoms with Crippen LogP contribution < -0.4 is 20.3 Å². The number of fused-ring (bicyclic) bond motifs is 1. The predicted molar refractivity (Wildman–Crippen MR) is 146 cm³/mol. The van der Waals surface area contributed by atoms with Crippen molar-refractivity contribution >= 4 is 50.4 Å². The van der Waals surface area contributed by atoms with E-state index in [1.807, 2.05) is 6.92 Å². The van der Waals surface area contributed by atoms with E-state index >= 15 is 0 Å². The largest absolute Gasteiger partial charge is 0.491 e. The normalized spacial score (nSPS) is 15.2. The Morgan fingerprint density at radius 1 is 1.22 bits per heavy atom. The summed E-state index contributed by atoms with van der Waals surface area (Å²) in [6.45, 7) is 6.23. The van der Waals surface area contributed by atoms with Crippen LogP contribution in [-0.2, 0) is 17.9 Å². The van der Waals surface area contributed by atoms with E-state index in [1.165, 1.54) is 19.2 Å². The first kappa shape index (κ1) is 30.1. The first-order chi connectivity index (χ1) is 16.7. The molecular formula is C23H31F2N7O3S2. The van der Waals surface area contributed by atoms with Crippen LogP contribution in [0.4, 0.5) is 26.2 Å². The van der Waals surface area contributed by atoms with E-state index in [0.29, 0.717) is 41.8 Å². The molecule has 14 heteroatoms. The van der Waals surface area contributed by atoms with Gasteiger partial charge < -0.3 is 25.4 Å². The number of carbonyl (C=O) groups is 1. The van der Waals surface area contributed by atoms with Crippen LogP contribution in [0.5, 0.6) is 5.75 Å². The number of aliphatic hydroxyl groups excluding tert-OH is 1. The number of hydrogen-bond donors (Lipinski definition) is 3. The van der Waals surface area contributed by atoms with E-state index in [0.717, 1.165) is 5.56 Å². The van der Waals surface area contributed by atoms with E-state index in [1.54, 1.807) is 35.8 Å². The van der Waals surface area contributed by atoms with Crippen molar-refractivity contribution in [1.29, 1.82) is 0 Å². The van der Waals surface area contributed by atoms with Gasteiger partial charge in [0.25, 0.3) is 0 Å². The topological polar surface area (TPSA) is 117 Å². The molecule has 202 valence electrons. The summed E-state index contributed by atoms with van der Waals surface area (Å²) in [5.41, 5.74) is 2.33. The third-order valence-electron chi connectivity index (χ3n) is 5.74. The quantitative estimate of drug-likeness (QED) is 0.389. The first-order valence-corrected chi connectivity index (χ1v) is 11.1. The smallest absolute Gasteiger partial charge is 0.249 e. The molecule has 0 fully saturated rings. The van der Waals surface area contributed by atoms with E-state index in [-0.39, 0.29) is 39.4 Å². The molecule has 1 aliphatic heterocycles. The zero-order valence-corrected chi connectivity index (χ0v) is 22.8. The summed E-state index contributed by atoms with van der Waals surface area (Å²) in [5, 5.41) is 20.3. The van der Waals surface area contributed by atoms with Gasteiger partial charge in [0.1, 0.15) is 11.7 Å². The van der Waals surface area contributed by atoms with E-state index in [4.69, 9.17) is 4.74 Å². The molecule has 37 heavy (non-hydrogen) atoms. The molecule has 0 saturated carbocycles. The van der Waals surface area contributed by atoms with Gasteiger partial charge in [0.2, 0.25) is 11.9 Å². The Bertz CT molecular complexity index is 1240. The lowest BCUT2D eigenvalue weighted by Crippen LogP contribution is -2.54.